The molecule has 0 heterocycles. The van der Waals surface area contributed by atoms with E-state index in [4.69, 9.17) is 5.11 Å². The second-order valence-electron chi connectivity index (χ2n) is 5.82. The van der Waals surface area contributed by atoms with Crippen LogP contribution >= 0.6 is 0 Å². The van der Waals surface area contributed by atoms with Crippen molar-refractivity contribution in [3.8, 4) is 0 Å². The molecule has 4 nitrogen and oxygen atoms in total. The third-order valence-corrected chi connectivity index (χ3v) is 3.74. The summed E-state index contributed by atoms with van der Waals surface area (Å²) in [6.45, 7) is 6.57. The van der Waals surface area contributed by atoms with E-state index in [2.05, 4.69) is 24.5 Å². The molecule has 1 rings (SSSR count). The Balaban J connectivity index is 2.29. The molecule has 1 fully saturated rings. The van der Waals surface area contributed by atoms with E-state index >= 15 is 0 Å². The number of rotatable bonds is 5. The molecule has 0 bridgehead atoms. The molecule has 1 saturated carbocycles. The number of carbonyl (C=O) groups is 1. The van der Waals surface area contributed by atoms with Crippen LogP contribution in [0.25, 0.3) is 0 Å². The number of amides is 2. The summed E-state index contributed by atoms with van der Waals surface area (Å²) in [4.78, 5) is 11.8. The molecule has 17 heavy (non-hydrogen) atoms. The molecule has 4 heteroatoms. The molecule has 2 atom stereocenters. The third kappa shape index (κ3) is 4.54. The first-order valence-electron chi connectivity index (χ1n) is 6.63. The average molecular weight is 242 g/mol. The van der Waals surface area contributed by atoms with Gasteiger partial charge < -0.3 is 15.7 Å². The molecular weight excluding hydrogens is 216 g/mol. The normalized spacial score (nSPS) is 24.4. The van der Waals surface area contributed by atoms with Crippen molar-refractivity contribution in [2.75, 3.05) is 6.61 Å². The maximum atomic E-state index is 11.8. The number of hydrogen-bond donors (Lipinski definition) is 3. The van der Waals surface area contributed by atoms with Gasteiger partial charge in [-0.25, -0.2) is 4.79 Å². The van der Waals surface area contributed by atoms with Gasteiger partial charge >= 0.3 is 6.03 Å². The lowest BCUT2D eigenvalue weighted by atomic mass is 9.87. The van der Waals surface area contributed by atoms with Crippen LogP contribution < -0.4 is 10.6 Å². The molecule has 0 aliphatic heterocycles. The summed E-state index contributed by atoms with van der Waals surface area (Å²) < 4.78 is 0. The topological polar surface area (TPSA) is 61.4 Å². The van der Waals surface area contributed by atoms with Gasteiger partial charge in [0.2, 0.25) is 0 Å². The summed E-state index contributed by atoms with van der Waals surface area (Å²) >= 11 is 0. The van der Waals surface area contributed by atoms with E-state index in [9.17, 15) is 4.79 Å². The molecular formula is C13H26N2O2. The van der Waals surface area contributed by atoms with Gasteiger partial charge in [0.1, 0.15) is 0 Å². The summed E-state index contributed by atoms with van der Waals surface area (Å²) in [5, 5.41) is 14.7. The Labute approximate surface area is 104 Å². The molecule has 0 aromatic carbocycles. The Morgan fingerprint density at radius 2 is 2.24 bits per heavy atom. The van der Waals surface area contributed by atoms with E-state index in [0.717, 1.165) is 19.3 Å². The van der Waals surface area contributed by atoms with Gasteiger partial charge in [0.25, 0.3) is 0 Å². The SMILES string of the molecule is CC(CCCO)NC(=O)NC1CCCC1(C)C. The van der Waals surface area contributed by atoms with Gasteiger partial charge in [0, 0.05) is 18.7 Å². The van der Waals surface area contributed by atoms with Crippen LogP contribution in [0, 0.1) is 5.41 Å². The monoisotopic (exact) mass is 242 g/mol. The van der Waals surface area contributed by atoms with Crippen LogP contribution in [-0.4, -0.2) is 29.8 Å². The fourth-order valence-electron chi connectivity index (χ4n) is 2.49. The van der Waals surface area contributed by atoms with Crippen LogP contribution in [0.5, 0.6) is 0 Å². The van der Waals surface area contributed by atoms with E-state index in [-0.39, 0.29) is 30.1 Å². The average Bonchev–Trinajstić information content (AvgIpc) is 2.55. The zero-order valence-corrected chi connectivity index (χ0v) is 11.3. The van der Waals surface area contributed by atoms with E-state index in [1.807, 2.05) is 6.92 Å². The zero-order valence-electron chi connectivity index (χ0n) is 11.3. The Morgan fingerprint density at radius 1 is 1.53 bits per heavy atom. The van der Waals surface area contributed by atoms with Crippen LogP contribution in [-0.2, 0) is 0 Å². The second-order valence-corrected chi connectivity index (χ2v) is 5.82. The maximum absolute atomic E-state index is 11.8. The Hall–Kier alpha value is -0.770. The Kier molecular flexibility index (Phi) is 5.25. The van der Waals surface area contributed by atoms with Crippen molar-refractivity contribution in [3.05, 3.63) is 0 Å². The molecule has 0 saturated heterocycles. The van der Waals surface area contributed by atoms with Crippen molar-refractivity contribution < 1.29 is 9.90 Å². The molecule has 1 aliphatic carbocycles. The summed E-state index contributed by atoms with van der Waals surface area (Å²) in [7, 11) is 0. The Morgan fingerprint density at radius 3 is 2.76 bits per heavy atom. The van der Waals surface area contributed by atoms with Gasteiger partial charge in [-0.15, -0.1) is 0 Å². The lowest BCUT2D eigenvalue weighted by molar-refractivity contribution is 0.217. The van der Waals surface area contributed by atoms with Crippen molar-refractivity contribution in [3.63, 3.8) is 0 Å². The highest BCUT2D eigenvalue weighted by atomic mass is 16.3. The number of nitrogens with one attached hydrogen (secondary N) is 2. The van der Waals surface area contributed by atoms with E-state index in [1.54, 1.807) is 0 Å². The molecule has 100 valence electrons. The van der Waals surface area contributed by atoms with Crippen LogP contribution in [0.4, 0.5) is 4.79 Å². The summed E-state index contributed by atoms with van der Waals surface area (Å²) in [5.41, 5.74) is 0.214. The fraction of sp³-hybridized carbons (Fsp3) is 0.923. The minimum Gasteiger partial charge on any atom is -0.396 e. The van der Waals surface area contributed by atoms with Crippen LogP contribution in [0.1, 0.15) is 52.9 Å². The number of aliphatic hydroxyl groups excluding tert-OH is 1. The van der Waals surface area contributed by atoms with E-state index in [1.165, 1.54) is 12.8 Å². The second kappa shape index (κ2) is 6.24. The molecule has 2 unspecified atom stereocenters. The van der Waals surface area contributed by atoms with Crippen LogP contribution in [0.2, 0.25) is 0 Å². The van der Waals surface area contributed by atoms with Gasteiger partial charge in [-0.2, -0.15) is 0 Å². The standard InChI is InChI=1S/C13H26N2O2/c1-10(6-5-9-16)14-12(17)15-11-7-4-8-13(11,2)3/h10-11,16H,4-9H2,1-3H3,(H2,14,15,17). The number of aliphatic hydroxyl groups is 1. The predicted octanol–water partition coefficient (Wildman–Crippen LogP) is 2.03. The van der Waals surface area contributed by atoms with Gasteiger partial charge in [0.05, 0.1) is 0 Å². The largest absolute Gasteiger partial charge is 0.396 e. The summed E-state index contributed by atoms with van der Waals surface area (Å²) in [6.07, 6.45) is 5.00. The lowest BCUT2D eigenvalue weighted by Gasteiger charge is -2.28. The highest BCUT2D eigenvalue weighted by Crippen LogP contribution is 2.36. The molecule has 0 radical (unpaired) electrons. The van der Waals surface area contributed by atoms with Crippen LogP contribution in [0.15, 0.2) is 0 Å². The highest BCUT2D eigenvalue weighted by Gasteiger charge is 2.35. The minimum absolute atomic E-state index is 0.0737. The number of urea groups is 1. The van der Waals surface area contributed by atoms with Gasteiger partial charge in [-0.05, 0) is 38.0 Å². The van der Waals surface area contributed by atoms with Crippen molar-refractivity contribution in [2.45, 2.75) is 65.0 Å². The highest BCUT2D eigenvalue weighted by molar-refractivity contribution is 5.74. The maximum Gasteiger partial charge on any atom is 0.315 e. The minimum atomic E-state index is -0.0737. The van der Waals surface area contributed by atoms with Crippen LogP contribution in [0.3, 0.4) is 0 Å². The van der Waals surface area contributed by atoms with E-state index < -0.39 is 0 Å². The van der Waals surface area contributed by atoms with Gasteiger partial charge in [-0.1, -0.05) is 20.3 Å². The predicted molar refractivity (Wildman–Crippen MR) is 68.9 cm³/mol. The number of carbonyl (C=O) groups excluding carboxylic acids is 1. The molecule has 3 N–H and O–H groups in total. The molecule has 0 spiro atoms. The van der Waals surface area contributed by atoms with Crippen molar-refractivity contribution in [1.82, 2.24) is 10.6 Å². The molecule has 0 aromatic rings. The van der Waals surface area contributed by atoms with Gasteiger partial charge in [-0.3, -0.25) is 0 Å². The molecule has 1 aliphatic rings. The van der Waals surface area contributed by atoms with Crippen molar-refractivity contribution in [2.24, 2.45) is 5.41 Å². The van der Waals surface area contributed by atoms with Crippen molar-refractivity contribution >= 4 is 6.03 Å². The van der Waals surface area contributed by atoms with Crippen molar-refractivity contribution in [1.29, 1.82) is 0 Å². The first-order chi connectivity index (χ1) is 7.95. The molecule has 0 aromatic heterocycles. The third-order valence-electron chi connectivity index (χ3n) is 3.74. The quantitative estimate of drug-likeness (QED) is 0.690. The van der Waals surface area contributed by atoms with E-state index in [0.29, 0.717) is 0 Å². The number of hydrogen-bond acceptors (Lipinski definition) is 2. The fourth-order valence-corrected chi connectivity index (χ4v) is 2.49. The summed E-state index contributed by atoms with van der Waals surface area (Å²) in [6, 6.07) is 0.328. The smallest absolute Gasteiger partial charge is 0.315 e. The first-order valence-corrected chi connectivity index (χ1v) is 6.63. The molecule has 2 amide bonds. The first kappa shape index (κ1) is 14.3. The zero-order chi connectivity index (χ0) is 12.9. The lowest BCUT2D eigenvalue weighted by Crippen LogP contribution is -2.48. The van der Waals surface area contributed by atoms with Gasteiger partial charge in [0.15, 0.2) is 0 Å². The summed E-state index contributed by atoms with van der Waals surface area (Å²) in [5.74, 6) is 0. The Bertz CT molecular complexity index is 254.